The normalized spacial score (nSPS) is 36.0. The summed E-state index contributed by atoms with van der Waals surface area (Å²) in [5, 5.41) is 66.3. The van der Waals surface area contributed by atoms with Crippen LogP contribution in [0.25, 0.3) is 5.76 Å². The van der Waals surface area contributed by atoms with Crippen LogP contribution in [-0.2, 0) is 20.0 Å². The average molecular weight is 460 g/mol. The molecule has 0 heterocycles. The molecule has 11 nitrogen and oxygen atoms in total. The van der Waals surface area contributed by atoms with Crippen molar-refractivity contribution in [2.75, 3.05) is 14.1 Å². The number of carbonyl (C=O) groups is 3. The minimum Gasteiger partial charge on any atom is -0.508 e. The summed E-state index contributed by atoms with van der Waals surface area (Å²) in [7, 11) is 2.80. The monoisotopic (exact) mass is 460 g/mol. The summed E-state index contributed by atoms with van der Waals surface area (Å²) in [5.74, 6) is -9.67. The number of amides is 1. The van der Waals surface area contributed by atoms with Crippen LogP contribution in [0.2, 0.25) is 0 Å². The van der Waals surface area contributed by atoms with E-state index in [-0.39, 0.29) is 11.1 Å². The van der Waals surface area contributed by atoms with E-state index in [1.54, 1.807) is 0 Å². The number of hydrogen-bond donors (Lipinski definition) is 7. The number of nitrogens with zero attached hydrogens (tertiary/aromatic N) is 1. The Balaban J connectivity index is 2.11. The maximum atomic E-state index is 13.7. The molecule has 176 valence electrons. The molecule has 33 heavy (non-hydrogen) atoms. The Morgan fingerprint density at radius 1 is 1.12 bits per heavy atom. The highest BCUT2D eigenvalue weighted by molar-refractivity contribution is 6.24. The second-order valence-corrected chi connectivity index (χ2v) is 9.06. The number of likely N-dealkylation sites (N-methyl/N-ethyl adjacent to an activating group) is 1. The first-order valence-electron chi connectivity index (χ1n) is 10.1. The van der Waals surface area contributed by atoms with E-state index >= 15 is 0 Å². The summed E-state index contributed by atoms with van der Waals surface area (Å²) < 4.78 is 0. The van der Waals surface area contributed by atoms with Crippen molar-refractivity contribution in [3.05, 3.63) is 46.2 Å². The van der Waals surface area contributed by atoms with Crippen LogP contribution in [0.1, 0.15) is 18.1 Å². The molecule has 6 atom stereocenters. The number of ketones is 2. The van der Waals surface area contributed by atoms with Gasteiger partial charge in [0.2, 0.25) is 5.78 Å². The fraction of sp³-hybridized carbons (Fsp3) is 0.409. The van der Waals surface area contributed by atoms with Gasteiger partial charge in [-0.2, -0.15) is 0 Å². The number of hydrogen-bond acceptors (Lipinski definition) is 10. The number of aromatic hydroxyl groups is 1. The van der Waals surface area contributed by atoms with E-state index < -0.39 is 81.1 Å². The van der Waals surface area contributed by atoms with Crippen LogP contribution in [-0.4, -0.2) is 84.9 Å². The third kappa shape index (κ3) is 2.61. The summed E-state index contributed by atoms with van der Waals surface area (Å²) in [6, 6.07) is 2.50. The van der Waals surface area contributed by atoms with Gasteiger partial charge in [-0.3, -0.25) is 19.3 Å². The van der Waals surface area contributed by atoms with Crippen molar-refractivity contribution in [3.63, 3.8) is 0 Å². The molecule has 0 saturated heterocycles. The third-order valence-electron chi connectivity index (χ3n) is 7.03. The van der Waals surface area contributed by atoms with E-state index in [0.717, 1.165) is 0 Å². The number of aliphatic hydroxyl groups excluding tert-OH is 3. The SMILES string of the molecule is CN(C)[C@H]1C(=O)C(C(N)=O)=C(O)[C@@]2(O)C(=O)C3=C(O)c4c(O)cccc4[C@@](C)(O)[C@H]3[C@H](O)[C@@H]12. The van der Waals surface area contributed by atoms with Gasteiger partial charge in [0.05, 0.1) is 40.7 Å². The number of carbonyl (C=O) groups excluding carboxylic acids is 3. The molecule has 0 aromatic heterocycles. The molecule has 4 rings (SSSR count). The van der Waals surface area contributed by atoms with Crippen LogP contribution in [0.3, 0.4) is 0 Å². The maximum Gasteiger partial charge on any atom is 0.255 e. The Morgan fingerprint density at radius 3 is 2.27 bits per heavy atom. The van der Waals surface area contributed by atoms with Crippen molar-refractivity contribution in [2.45, 2.75) is 30.3 Å². The molecule has 8 N–H and O–H groups in total. The first-order valence-corrected chi connectivity index (χ1v) is 10.1. The van der Waals surface area contributed by atoms with Gasteiger partial charge in [0, 0.05) is 0 Å². The highest BCUT2D eigenvalue weighted by Crippen LogP contribution is 2.57. The van der Waals surface area contributed by atoms with Crippen LogP contribution in [0.15, 0.2) is 35.1 Å². The second-order valence-electron chi connectivity index (χ2n) is 9.06. The van der Waals surface area contributed by atoms with E-state index in [9.17, 15) is 45.0 Å². The van der Waals surface area contributed by atoms with Gasteiger partial charge in [-0.1, -0.05) is 12.1 Å². The lowest BCUT2D eigenvalue weighted by molar-refractivity contribution is -0.181. The number of primary amides is 1. The first kappa shape index (κ1) is 22.9. The quantitative estimate of drug-likeness (QED) is 0.257. The zero-order chi connectivity index (χ0) is 24.8. The Kier molecular flexibility index (Phi) is 4.78. The molecular formula is C22H24N2O9. The van der Waals surface area contributed by atoms with Crippen molar-refractivity contribution in [2.24, 2.45) is 17.6 Å². The number of rotatable bonds is 2. The topological polar surface area (TPSA) is 202 Å². The molecule has 1 fully saturated rings. The Hall–Kier alpha value is -3.25. The van der Waals surface area contributed by atoms with Gasteiger partial charge >= 0.3 is 0 Å². The second kappa shape index (κ2) is 6.87. The van der Waals surface area contributed by atoms with Gasteiger partial charge < -0.3 is 36.4 Å². The van der Waals surface area contributed by atoms with E-state index in [1.807, 2.05) is 0 Å². The van der Waals surface area contributed by atoms with Crippen molar-refractivity contribution in [1.29, 1.82) is 0 Å². The first-order chi connectivity index (χ1) is 15.2. The Bertz CT molecular complexity index is 1180. The summed E-state index contributed by atoms with van der Waals surface area (Å²) in [6.07, 6.45) is -1.87. The molecule has 1 saturated carbocycles. The van der Waals surface area contributed by atoms with E-state index in [2.05, 4.69) is 0 Å². The lowest BCUT2D eigenvalue weighted by Crippen LogP contribution is -2.71. The van der Waals surface area contributed by atoms with Gasteiger partial charge in [0.15, 0.2) is 11.4 Å². The predicted molar refractivity (Wildman–Crippen MR) is 112 cm³/mol. The number of phenolic OH excluding ortho intramolecular Hbond substituents is 1. The molecule has 0 unspecified atom stereocenters. The Labute approximate surface area is 187 Å². The predicted octanol–water partition coefficient (Wildman–Crippen LogP) is -1.40. The maximum absolute atomic E-state index is 13.7. The molecule has 1 aromatic carbocycles. The average Bonchev–Trinajstić information content (AvgIpc) is 2.70. The highest BCUT2D eigenvalue weighted by Gasteiger charge is 2.70. The van der Waals surface area contributed by atoms with E-state index in [0.29, 0.717) is 0 Å². The summed E-state index contributed by atoms with van der Waals surface area (Å²) in [5.41, 5.74) is -1.78. The molecule has 0 bridgehead atoms. The fourth-order valence-electron chi connectivity index (χ4n) is 5.60. The highest BCUT2D eigenvalue weighted by atomic mass is 16.4. The zero-order valence-electron chi connectivity index (χ0n) is 18.0. The van der Waals surface area contributed by atoms with Crippen LogP contribution in [0, 0.1) is 11.8 Å². The summed E-state index contributed by atoms with van der Waals surface area (Å²) in [6.45, 7) is 1.25. The number of phenols is 1. The van der Waals surface area contributed by atoms with Gasteiger partial charge in [-0.05, 0) is 32.6 Å². The van der Waals surface area contributed by atoms with Gasteiger partial charge in [-0.25, -0.2) is 0 Å². The lowest BCUT2D eigenvalue weighted by Gasteiger charge is -2.55. The fourth-order valence-corrected chi connectivity index (χ4v) is 5.60. The standard InChI is InChI=1S/C22H24N2O9/c1-21(32)7-5-4-6-8(25)9(7)15(26)10-12(21)17(28)13-14(24(2)3)16(27)11(20(23)31)19(30)22(13,33)18(10)29/h4-6,12-14,17,25-26,28,30,32-33H,1-3H3,(H2,23,31)/t12-,13-,14-,17+,21-,22+/m1/s1. The van der Waals surface area contributed by atoms with Crippen molar-refractivity contribution < 1.29 is 45.0 Å². The number of aliphatic hydroxyl groups is 5. The zero-order valence-corrected chi connectivity index (χ0v) is 18.0. The van der Waals surface area contributed by atoms with Crippen LogP contribution in [0.4, 0.5) is 0 Å². The van der Waals surface area contributed by atoms with Crippen molar-refractivity contribution >= 4 is 23.2 Å². The smallest absolute Gasteiger partial charge is 0.255 e. The molecule has 1 amide bonds. The molecule has 3 aliphatic carbocycles. The summed E-state index contributed by atoms with van der Waals surface area (Å²) >= 11 is 0. The molecule has 0 spiro atoms. The van der Waals surface area contributed by atoms with Crippen LogP contribution >= 0.6 is 0 Å². The molecule has 0 aliphatic heterocycles. The molecule has 0 radical (unpaired) electrons. The van der Waals surface area contributed by atoms with Crippen molar-refractivity contribution in [1.82, 2.24) is 4.90 Å². The van der Waals surface area contributed by atoms with Gasteiger partial charge in [0.1, 0.15) is 22.8 Å². The Morgan fingerprint density at radius 2 is 1.73 bits per heavy atom. The van der Waals surface area contributed by atoms with Crippen molar-refractivity contribution in [3.8, 4) is 5.75 Å². The van der Waals surface area contributed by atoms with Crippen LogP contribution in [0.5, 0.6) is 5.75 Å². The van der Waals surface area contributed by atoms with Gasteiger partial charge in [-0.15, -0.1) is 0 Å². The third-order valence-corrected chi connectivity index (χ3v) is 7.03. The molecule has 1 aromatic rings. The summed E-state index contributed by atoms with van der Waals surface area (Å²) in [4.78, 5) is 39.9. The lowest BCUT2D eigenvalue weighted by atomic mass is 9.53. The number of fused-ring (bicyclic) bond motifs is 3. The van der Waals surface area contributed by atoms with Gasteiger partial charge in [0.25, 0.3) is 5.91 Å². The number of benzene rings is 1. The molecule has 11 heteroatoms. The van der Waals surface area contributed by atoms with E-state index in [1.165, 1.54) is 44.1 Å². The minimum atomic E-state index is -3.02. The van der Waals surface area contributed by atoms with Crippen LogP contribution < -0.4 is 5.73 Å². The number of Topliss-reactive ketones (excluding diaryl/α,β-unsaturated/α-hetero) is 2. The number of nitrogens with two attached hydrogens (primary N) is 1. The van der Waals surface area contributed by atoms with E-state index in [4.69, 9.17) is 5.73 Å². The molecule has 3 aliphatic rings. The molecular weight excluding hydrogens is 436 g/mol. The largest absolute Gasteiger partial charge is 0.508 e. The minimum absolute atomic E-state index is 0.00664.